The zero-order chi connectivity index (χ0) is 18.5. The molecule has 0 unspecified atom stereocenters. The van der Waals surface area contributed by atoms with E-state index in [0.29, 0.717) is 26.1 Å². The Bertz CT molecular complexity index is 624. The molecule has 1 aromatic rings. The summed E-state index contributed by atoms with van der Waals surface area (Å²) in [5, 5.41) is 15.1. The van der Waals surface area contributed by atoms with Gasteiger partial charge < -0.3 is 14.8 Å². The van der Waals surface area contributed by atoms with Gasteiger partial charge in [-0.05, 0) is 29.7 Å². The van der Waals surface area contributed by atoms with Gasteiger partial charge >= 0.3 is 0 Å². The number of rotatable bonds is 6. The summed E-state index contributed by atoms with van der Waals surface area (Å²) in [7, 11) is 0. The Balaban J connectivity index is 1.22. The Hall–Kier alpha value is -1.58. The third-order valence-corrected chi connectivity index (χ3v) is 5.96. The summed E-state index contributed by atoms with van der Waals surface area (Å²) in [5.74, 6) is 0.847. The number of morpholine rings is 1. The summed E-state index contributed by atoms with van der Waals surface area (Å²) in [5.41, 5.74) is 0.0251. The fraction of sp³-hybridized carbons (Fsp3) is 0.889. The second kappa shape index (κ2) is 8.62. The van der Waals surface area contributed by atoms with Crippen molar-refractivity contribution >= 4 is 5.91 Å². The first-order valence-corrected chi connectivity index (χ1v) is 10.2. The molecule has 1 aliphatic carbocycles. The van der Waals surface area contributed by atoms with E-state index in [0.717, 1.165) is 51.4 Å². The molecular weight excluding hydrogens is 348 g/mol. The molecule has 9 heteroatoms. The quantitative estimate of drug-likeness (QED) is 0.770. The Morgan fingerprint density at radius 3 is 2.85 bits per heavy atom. The van der Waals surface area contributed by atoms with Gasteiger partial charge in [-0.1, -0.05) is 19.3 Å². The predicted molar refractivity (Wildman–Crippen MR) is 96.8 cm³/mol. The highest BCUT2D eigenvalue weighted by Crippen LogP contribution is 2.39. The van der Waals surface area contributed by atoms with Gasteiger partial charge in [-0.15, -0.1) is 5.10 Å². The van der Waals surface area contributed by atoms with Crippen molar-refractivity contribution in [3.8, 4) is 0 Å². The molecule has 4 rings (SSSR count). The average molecular weight is 378 g/mol. The van der Waals surface area contributed by atoms with E-state index in [2.05, 4.69) is 25.7 Å². The monoisotopic (exact) mass is 378 g/mol. The first kappa shape index (κ1) is 18.8. The van der Waals surface area contributed by atoms with Crippen LogP contribution in [0.25, 0.3) is 0 Å². The summed E-state index contributed by atoms with van der Waals surface area (Å²) in [6, 6.07) is 0.136. The largest absolute Gasteiger partial charge is 0.379 e. The number of nitrogens with one attached hydrogen (secondary N) is 1. The van der Waals surface area contributed by atoms with E-state index in [-0.39, 0.29) is 17.6 Å². The van der Waals surface area contributed by atoms with Crippen molar-refractivity contribution in [2.24, 2.45) is 0 Å². The molecule has 2 aliphatic heterocycles. The summed E-state index contributed by atoms with van der Waals surface area (Å²) >= 11 is 0. The van der Waals surface area contributed by atoms with Gasteiger partial charge in [-0.2, -0.15) is 0 Å². The lowest BCUT2D eigenvalue weighted by Gasteiger charge is -2.32. The maximum absolute atomic E-state index is 12.4. The van der Waals surface area contributed by atoms with Gasteiger partial charge in [0, 0.05) is 19.5 Å². The van der Waals surface area contributed by atoms with Crippen LogP contribution in [0.15, 0.2) is 0 Å². The van der Waals surface area contributed by atoms with Crippen LogP contribution in [0.1, 0.15) is 50.8 Å². The van der Waals surface area contributed by atoms with Crippen LogP contribution in [0.4, 0.5) is 0 Å². The highest BCUT2D eigenvalue weighted by atomic mass is 16.5. The lowest BCUT2D eigenvalue weighted by atomic mass is 9.82. The second-order valence-electron chi connectivity index (χ2n) is 7.98. The number of nitrogens with zero attached hydrogens (tertiary/aromatic N) is 5. The second-order valence-corrected chi connectivity index (χ2v) is 7.98. The Morgan fingerprint density at radius 1 is 1.22 bits per heavy atom. The van der Waals surface area contributed by atoms with Crippen LogP contribution in [0.2, 0.25) is 0 Å². The molecule has 1 amide bonds. The minimum atomic E-state index is 0.0251. The SMILES string of the molecule is O=C(CCn1nnnc1CN1CCOCC1)N[C@H]1COC2(CCCCC2)C1. The zero-order valence-corrected chi connectivity index (χ0v) is 15.9. The van der Waals surface area contributed by atoms with E-state index in [9.17, 15) is 4.79 Å². The smallest absolute Gasteiger partial charge is 0.222 e. The minimum absolute atomic E-state index is 0.0251. The Kier molecular flexibility index (Phi) is 5.99. The van der Waals surface area contributed by atoms with Crippen molar-refractivity contribution in [1.82, 2.24) is 30.4 Å². The molecule has 1 spiro atoms. The van der Waals surface area contributed by atoms with Crippen molar-refractivity contribution in [2.45, 2.75) is 69.7 Å². The van der Waals surface area contributed by atoms with E-state index in [1.807, 2.05) is 0 Å². The summed E-state index contributed by atoms with van der Waals surface area (Å²) in [6.45, 7) is 5.09. The van der Waals surface area contributed by atoms with Gasteiger partial charge in [0.1, 0.15) is 0 Å². The summed E-state index contributed by atoms with van der Waals surface area (Å²) < 4.78 is 13.2. The maximum Gasteiger partial charge on any atom is 0.222 e. The fourth-order valence-corrected chi connectivity index (χ4v) is 4.46. The number of aryl methyl sites for hydroxylation is 1. The molecule has 9 nitrogen and oxygen atoms in total. The van der Waals surface area contributed by atoms with Crippen LogP contribution in [-0.2, 0) is 27.4 Å². The molecule has 150 valence electrons. The van der Waals surface area contributed by atoms with Gasteiger partial charge in [0.2, 0.25) is 5.91 Å². The third kappa shape index (κ3) is 4.83. The molecule has 1 atom stereocenters. The average Bonchev–Trinajstić information content (AvgIpc) is 3.29. The molecule has 1 N–H and O–H groups in total. The molecule has 3 fully saturated rings. The van der Waals surface area contributed by atoms with Crippen LogP contribution in [0, 0.1) is 0 Å². The molecule has 0 radical (unpaired) electrons. The number of amides is 1. The van der Waals surface area contributed by atoms with Gasteiger partial charge in [0.05, 0.1) is 44.6 Å². The van der Waals surface area contributed by atoms with Gasteiger partial charge in [0.25, 0.3) is 0 Å². The van der Waals surface area contributed by atoms with Crippen LogP contribution < -0.4 is 5.32 Å². The fourth-order valence-electron chi connectivity index (χ4n) is 4.46. The molecule has 0 aromatic carbocycles. The van der Waals surface area contributed by atoms with Crippen LogP contribution >= 0.6 is 0 Å². The van der Waals surface area contributed by atoms with Crippen LogP contribution in [0.3, 0.4) is 0 Å². The number of aromatic nitrogens is 4. The molecule has 3 heterocycles. The lowest BCUT2D eigenvalue weighted by molar-refractivity contribution is -0.122. The van der Waals surface area contributed by atoms with E-state index in [4.69, 9.17) is 9.47 Å². The Labute approximate surface area is 159 Å². The molecule has 1 aromatic heterocycles. The van der Waals surface area contributed by atoms with E-state index in [1.54, 1.807) is 4.68 Å². The van der Waals surface area contributed by atoms with E-state index >= 15 is 0 Å². The number of hydrogen-bond acceptors (Lipinski definition) is 7. The van der Waals surface area contributed by atoms with Crippen molar-refractivity contribution in [3.63, 3.8) is 0 Å². The third-order valence-electron chi connectivity index (χ3n) is 5.96. The highest BCUT2D eigenvalue weighted by molar-refractivity contribution is 5.76. The zero-order valence-electron chi connectivity index (χ0n) is 15.9. The maximum atomic E-state index is 12.4. The predicted octanol–water partition coefficient (Wildman–Crippen LogP) is 0.503. The molecule has 2 saturated heterocycles. The molecule has 0 bridgehead atoms. The number of carbonyl (C=O) groups is 1. The highest BCUT2D eigenvalue weighted by Gasteiger charge is 2.41. The van der Waals surface area contributed by atoms with Crippen LogP contribution in [0.5, 0.6) is 0 Å². The lowest BCUT2D eigenvalue weighted by Crippen LogP contribution is -2.38. The van der Waals surface area contributed by atoms with Gasteiger partial charge in [0.15, 0.2) is 5.82 Å². The number of tetrazole rings is 1. The number of ether oxygens (including phenoxy) is 2. The molecule has 27 heavy (non-hydrogen) atoms. The normalized spacial score (nSPS) is 25.7. The first-order valence-electron chi connectivity index (χ1n) is 10.2. The van der Waals surface area contributed by atoms with Crippen molar-refractivity contribution < 1.29 is 14.3 Å². The van der Waals surface area contributed by atoms with E-state index < -0.39 is 0 Å². The van der Waals surface area contributed by atoms with Gasteiger partial charge in [-0.3, -0.25) is 9.69 Å². The summed E-state index contributed by atoms with van der Waals surface area (Å²) in [6.07, 6.45) is 7.39. The Morgan fingerprint density at radius 2 is 2.04 bits per heavy atom. The van der Waals surface area contributed by atoms with Gasteiger partial charge in [-0.25, -0.2) is 4.68 Å². The number of hydrogen-bond donors (Lipinski definition) is 1. The molecule has 3 aliphatic rings. The van der Waals surface area contributed by atoms with Crippen molar-refractivity contribution in [3.05, 3.63) is 5.82 Å². The van der Waals surface area contributed by atoms with Crippen LogP contribution in [-0.4, -0.2) is 75.6 Å². The van der Waals surface area contributed by atoms with Crippen molar-refractivity contribution in [2.75, 3.05) is 32.9 Å². The van der Waals surface area contributed by atoms with E-state index in [1.165, 1.54) is 19.3 Å². The minimum Gasteiger partial charge on any atom is -0.379 e. The first-order chi connectivity index (χ1) is 13.2. The van der Waals surface area contributed by atoms with Crippen molar-refractivity contribution in [1.29, 1.82) is 0 Å². The molecule has 1 saturated carbocycles. The standard InChI is InChI=1S/C18H30N6O3/c25-17(19-15-12-18(27-14-15)5-2-1-3-6-18)4-7-24-16(20-21-22-24)13-23-8-10-26-11-9-23/h15H,1-14H2,(H,19,25)/t15-/m1/s1. The number of carbonyl (C=O) groups excluding carboxylic acids is 1. The summed E-state index contributed by atoms with van der Waals surface area (Å²) in [4.78, 5) is 14.7. The molecular formula is C18H30N6O3. The topological polar surface area (TPSA) is 94.4 Å².